The van der Waals surface area contributed by atoms with Crippen LogP contribution in [-0.4, -0.2) is 60.9 Å². The summed E-state index contributed by atoms with van der Waals surface area (Å²) in [4.78, 5) is 26.2. The second kappa shape index (κ2) is 8.85. The fraction of sp³-hybridized carbons (Fsp3) is 0.292. The first-order valence-electron chi connectivity index (χ1n) is 10.8. The minimum Gasteiger partial charge on any atom is -0.497 e. The Morgan fingerprint density at radius 3 is 2.48 bits per heavy atom. The van der Waals surface area contributed by atoms with Gasteiger partial charge in [-0.1, -0.05) is 0 Å². The summed E-state index contributed by atoms with van der Waals surface area (Å²) >= 11 is 0. The number of aryl methyl sites for hydroxylation is 1. The van der Waals surface area contributed by atoms with Crippen LogP contribution in [0.15, 0.2) is 48.5 Å². The van der Waals surface area contributed by atoms with Crippen LogP contribution < -0.4 is 24.4 Å². The lowest BCUT2D eigenvalue weighted by molar-refractivity contribution is 0.0745. The highest BCUT2D eigenvalue weighted by Crippen LogP contribution is 2.33. The van der Waals surface area contributed by atoms with E-state index in [9.17, 15) is 4.79 Å². The van der Waals surface area contributed by atoms with E-state index < -0.39 is 0 Å². The van der Waals surface area contributed by atoms with Crippen LogP contribution >= 0.6 is 0 Å². The number of nitrogens with one attached hydrogen (secondary N) is 1. The van der Waals surface area contributed by atoms with Gasteiger partial charge in [-0.3, -0.25) is 4.79 Å². The Morgan fingerprint density at radius 2 is 1.73 bits per heavy atom. The minimum absolute atomic E-state index is 0.0139. The van der Waals surface area contributed by atoms with Crippen LogP contribution in [0.1, 0.15) is 16.1 Å². The topological polar surface area (TPSA) is 89.1 Å². The molecule has 0 atom stereocenters. The second-order valence-corrected chi connectivity index (χ2v) is 7.90. The van der Waals surface area contributed by atoms with Crippen LogP contribution in [0.5, 0.6) is 17.2 Å². The van der Waals surface area contributed by atoms with Crippen LogP contribution in [0.25, 0.3) is 0 Å². The summed E-state index contributed by atoms with van der Waals surface area (Å²) in [5, 5.41) is 3.32. The predicted octanol–water partition coefficient (Wildman–Crippen LogP) is 3.23. The third-order valence-electron chi connectivity index (χ3n) is 5.67. The number of fused-ring (bicyclic) bond motifs is 1. The van der Waals surface area contributed by atoms with Gasteiger partial charge in [-0.25, -0.2) is 4.98 Å². The fourth-order valence-corrected chi connectivity index (χ4v) is 3.90. The van der Waals surface area contributed by atoms with Crippen molar-refractivity contribution in [1.82, 2.24) is 14.9 Å². The van der Waals surface area contributed by atoms with E-state index in [0.29, 0.717) is 49.2 Å². The molecule has 0 aliphatic carbocycles. The summed E-state index contributed by atoms with van der Waals surface area (Å²) in [6.45, 7) is 4.63. The van der Waals surface area contributed by atoms with Crippen LogP contribution in [-0.2, 0) is 0 Å². The van der Waals surface area contributed by atoms with Crippen molar-refractivity contribution in [3.05, 3.63) is 59.8 Å². The molecule has 1 saturated heterocycles. The predicted molar refractivity (Wildman–Crippen MR) is 124 cm³/mol. The van der Waals surface area contributed by atoms with Gasteiger partial charge in [-0.2, -0.15) is 4.98 Å². The van der Waals surface area contributed by atoms with Crippen molar-refractivity contribution in [1.29, 1.82) is 0 Å². The first-order chi connectivity index (χ1) is 16.1. The fourth-order valence-electron chi connectivity index (χ4n) is 3.90. The average Bonchev–Trinajstić information content (AvgIpc) is 3.32. The molecule has 3 aromatic rings. The molecule has 33 heavy (non-hydrogen) atoms. The number of amides is 1. The van der Waals surface area contributed by atoms with Crippen molar-refractivity contribution < 1.29 is 19.0 Å². The lowest BCUT2D eigenvalue weighted by Crippen LogP contribution is -2.49. The van der Waals surface area contributed by atoms with E-state index in [-0.39, 0.29) is 12.7 Å². The highest BCUT2D eigenvalue weighted by molar-refractivity contribution is 5.95. The summed E-state index contributed by atoms with van der Waals surface area (Å²) in [6.07, 6.45) is 0. The van der Waals surface area contributed by atoms with Gasteiger partial charge < -0.3 is 29.3 Å². The quantitative estimate of drug-likeness (QED) is 0.638. The number of hydrogen-bond donors (Lipinski definition) is 1. The van der Waals surface area contributed by atoms with Crippen molar-refractivity contribution in [2.24, 2.45) is 0 Å². The molecular weight excluding hydrogens is 422 g/mol. The van der Waals surface area contributed by atoms with Crippen LogP contribution in [0.4, 0.5) is 17.5 Å². The number of carbonyl (C=O) groups is 1. The smallest absolute Gasteiger partial charge is 0.254 e. The van der Waals surface area contributed by atoms with Crippen LogP contribution in [0.2, 0.25) is 0 Å². The first-order valence-corrected chi connectivity index (χ1v) is 10.8. The van der Waals surface area contributed by atoms with Crippen molar-refractivity contribution >= 4 is 23.4 Å². The van der Waals surface area contributed by atoms with Crippen molar-refractivity contribution in [2.45, 2.75) is 6.92 Å². The lowest BCUT2D eigenvalue weighted by Gasteiger charge is -2.35. The van der Waals surface area contributed by atoms with Crippen molar-refractivity contribution in [2.75, 3.05) is 50.3 Å². The normalized spacial score (nSPS) is 14.8. The van der Waals surface area contributed by atoms with Gasteiger partial charge in [0.25, 0.3) is 5.91 Å². The largest absolute Gasteiger partial charge is 0.497 e. The third-order valence-corrected chi connectivity index (χ3v) is 5.67. The third kappa shape index (κ3) is 4.48. The minimum atomic E-state index is -0.0139. The lowest BCUT2D eigenvalue weighted by atomic mass is 10.1. The Kier molecular flexibility index (Phi) is 5.60. The maximum atomic E-state index is 13.0. The molecule has 0 spiro atoms. The summed E-state index contributed by atoms with van der Waals surface area (Å²) < 4.78 is 15.9. The molecule has 9 heteroatoms. The Hall–Kier alpha value is -4.01. The molecule has 0 unspecified atom stereocenters. The number of ether oxygens (including phenoxy) is 3. The van der Waals surface area contributed by atoms with Crippen molar-refractivity contribution in [3.63, 3.8) is 0 Å². The Bertz CT molecular complexity index is 1160. The summed E-state index contributed by atoms with van der Waals surface area (Å²) in [6, 6.07) is 14.9. The maximum Gasteiger partial charge on any atom is 0.254 e. The van der Waals surface area contributed by atoms with Gasteiger partial charge in [0, 0.05) is 49.2 Å². The molecule has 0 bridgehead atoms. The zero-order valence-electron chi connectivity index (χ0n) is 18.6. The standard InChI is InChI=1S/C24H25N5O4/c1-16-13-22(26-18-4-6-19(31-2)7-5-18)27-24(25-16)29-11-9-28(10-12-29)23(30)17-3-8-20-21(14-17)33-15-32-20/h3-8,13-14H,9-12,15H2,1-2H3,(H,25,26,27). The first kappa shape index (κ1) is 20.9. The van der Waals surface area contributed by atoms with Gasteiger partial charge in [0.15, 0.2) is 11.5 Å². The van der Waals surface area contributed by atoms with E-state index in [2.05, 4.69) is 15.2 Å². The number of aromatic nitrogens is 2. The number of nitrogens with zero attached hydrogens (tertiary/aromatic N) is 4. The van der Waals surface area contributed by atoms with Gasteiger partial charge in [0.05, 0.1) is 7.11 Å². The van der Waals surface area contributed by atoms with Gasteiger partial charge in [-0.15, -0.1) is 0 Å². The molecule has 1 amide bonds. The number of anilines is 3. The molecule has 3 heterocycles. The van der Waals surface area contributed by atoms with Crippen LogP contribution in [0.3, 0.4) is 0 Å². The molecule has 170 valence electrons. The molecule has 5 rings (SSSR count). The Balaban J connectivity index is 1.24. The molecule has 2 aliphatic rings. The molecule has 9 nitrogen and oxygen atoms in total. The molecular formula is C24H25N5O4. The average molecular weight is 447 g/mol. The van der Waals surface area contributed by atoms with Gasteiger partial charge >= 0.3 is 0 Å². The number of methoxy groups -OCH3 is 1. The van der Waals surface area contributed by atoms with Crippen molar-refractivity contribution in [3.8, 4) is 17.2 Å². The monoisotopic (exact) mass is 447 g/mol. The van der Waals surface area contributed by atoms with Crippen LogP contribution in [0, 0.1) is 6.92 Å². The Labute approximate surface area is 191 Å². The number of piperazine rings is 1. The second-order valence-electron chi connectivity index (χ2n) is 7.90. The van der Waals surface area contributed by atoms with Gasteiger partial charge in [0.1, 0.15) is 11.6 Å². The van der Waals surface area contributed by atoms with E-state index in [1.54, 1.807) is 25.3 Å². The van der Waals surface area contributed by atoms with Gasteiger partial charge in [0.2, 0.25) is 12.7 Å². The summed E-state index contributed by atoms with van der Waals surface area (Å²) in [5.41, 5.74) is 2.39. The summed E-state index contributed by atoms with van der Waals surface area (Å²) in [7, 11) is 1.64. The number of hydrogen-bond acceptors (Lipinski definition) is 8. The molecule has 0 radical (unpaired) electrons. The number of benzene rings is 2. The molecule has 1 N–H and O–H groups in total. The Morgan fingerprint density at radius 1 is 0.970 bits per heavy atom. The van der Waals surface area contributed by atoms with E-state index in [1.165, 1.54) is 0 Å². The number of carbonyl (C=O) groups excluding carboxylic acids is 1. The zero-order chi connectivity index (χ0) is 22.8. The van der Waals surface area contributed by atoms with E-state index >= 15 is 0 Å². The van der Waals surface area contributed by atoms with E-state index in [4.69, 9.17) is 19.2 Å². The van der Waals surface area contributed by atoms with E-state index in [1.807, 2.05) is 42.2 Å². The molecule has 1 fully saturated rings. The van der Waals surface area contributed by atoms with Gasteiger partial charge in [-0.05, 0) is 49.4 Å². The maximum absolute atomic E-state index is 13.0. The highest BCUT2D eigenvalue weighted by atomic mass is 16.7. The zero-order valence-corrected chi connectivity index (χ0v) is 18.6. The molecule has 2 aromatic carbocycles. The summed E-state index contributed by atoms with van der Waals surface area (Å²) in [5.74, 6) is 3.45. The van der Waals surface area contributed by atoms with E-state index in [0.717, 1.165) is 22.9 Å². The molecule has 1 aromatic heterocycles. The SMILES string of the molecule is COc1ccc(Nc2cc(C)nc(N3CCN(C(=O)c4ccc5c(c4)OCO5)CC3)n2)cc1. The number of rotatable bonds is 5. The molecule has 0 saturated carbocycles. The highest BCUT2D eigenvalue weighted by Gasteiger charge is 2.25. The molecule has 2 aliphatic heterocycles.